The van der Waals surface area contributed by atoms with E-state index in [-0.39, 0.29) is 11.8 Å². The molecule has 6 nitrogen and oxygen atoms in total. The van der Waals surface area contributed by atoms with Crippen molar-refractivity contribution in [2.45, 2.75) is 66.7 Å². The van der Waals surface area contributed by atoms with Gasteiger partial charge in [-0.15, -0.1) is 0 Å². The van der Waals surface area contributed by atoms with Gasteiger partial charge in [-0.05, 0) is 32.1 Å². The number of carboxylic acids is 1. The minimum atomic E-state index is -1.08. The van der Waals surface area contributed by atoms with E-state index in [4.69, 9.17) is 0 Å². The molecule has 0 aromatic carbocycles. The molecule has 0 aliphatic heterocycles. The Morgan fingerprint density at radius 1 is 0.731 bits per heavy atom. The van der Waals surface area contributed by atoms with Crippen molar-refractivity contribution in [3.05, 3.63) is 0 Å². The Kier molecular flexibility index (Phi) is 8.33. The summed E-state index contributed by atoms with van der Waals surface area (Å²) in [5.41, 5.74) is -2.26. The summed E-state index contributed by atoms with van der Waals surface area (Å²) in [4.78, 5) is 39.8. The molecular weight excluding hydrogens is 332 g/mol. The van der Waals surface area contributed by atoms with Crippen LogP contribution in [0.2, 0.25) is 0 Å². The highest BCUT2D eigenvalue weighted by molar-refractivity contribution is 5.83. The molecule has 0 aromatic rings. The van der Waals surface area contributed by atoms with Gasteiger partial charge in [0.05, 0.1) is 0 Å². The third kappa shape index (κ3) is 5.99. The second-order valence-electron chi connectivity index (χ2n) is 9.05. The fourth-order valence-corrected chi connectivity index (χ4v) is 3.15. The first-order chi connectivity index (χ1) is 11.6. The van der Waals surface area contributed by atoms with Gasteiger partial charge in [-0.3, -0.25) is 9.59 Å². The number of carbonyl (C=O) groups excluding carboxylic acids is 3. The van der Waals surface area contributed by atoms with Crippen LogP contribution in [0.15, 0.2) is 0 Å². The lowest BCUT2D eigenvalue weighted by atomic mass is 9.70. The minimum absolute atomic E-state index is 0.0188. The summed E-state index contributed by atoms with van der Waals surface area (Å²) in [6.45, 7) is 9.12. The van der Waals surface area contributed by atoms with Gasteiger partial charge in [0, 0.05) is 50.4 Å². The van der Waals surface area contributed by atoms with Crippen LogP contribution in [0.1, 0.15) is 66.7 Å². The predicted octanol–water partition coefficient (Wildman–Crippen LogP) is 1.92. The molecule has 0 heterocycles. The number of carboxylic acid groups (broad SMARTS) is 1. The van der Waals surface area contributed by atoms with E-state index in [0.717, 1.165) is 0 Å². The molecule has 0 aliphatic carbocycles. The molecule has 26 heavy (non-hydrogen) atoms. The van der Waals surface area contributed by atoms with E-state index in [9.17, 15) is 19.5 Å². The molecule has 6 heteroatoms. The lowest BCUT2D eigenvalue weighted by Gasteiger charge is -2.38. The molecule has 0 saturated carbocycles. The summed E-state index contributed by atoms with van der Waals surface area (Å²) in [5, 5.41) is 11.5. The van der Waals surface area contributed by atoms with Crippen LogP contribution in [0.5, 0.6) is 0 Å². The molecule has 0 N–H and O–H groups in total. The van der Waals surface area contributed by atoms with E-state index < -0.39 is 22.2 Å². The largest absolute Gasteiger partial charge is 0.550 e. The number of hydrogen-bond acceptors (Lipinski definition) is 4. The second-order valence-corrected chi connectivity index (χ2v) is 9.05. The first-order valence-electron chi connectivity index (χ1n) is 9.28. The standard InChI is InChI=1S/C20H38N2O4/c1-10-19(4,17(25)26)13-14-20(5,16(24)22(8)9)12-11-18(2,3)15(23)21(6)7/h10-14H2,1-9H3,(H,25,26)/p-1. The molecule has 0 spiro atoms. The maximum absolute atomic E-state index is 12.8. The quantitative estimate of drug-likeness (QED) is 0.589. The molecule has 0 aromatic heterocycles. The zero-order valence-corrected chi connectivity index (χ0v) is 18.1. The zero-order chi connectivity index (χ0) is 20.9. The molecule has 0 rings (SSSR count). The zero-order valence-electron chi connectivity index (χ0n) is 18.1. The summed E-state index contributed by atoms with van der Waals surface area (Å²) in [7, 11) is 6.85. The molecule has 152 valence electrons. The van der Waals surface area contributed by atoms with Gasteiger partial charge in [-0.2, -0.15) is 0 Å². The third-order valence-electron chi connectivity index (χ3n) is 5.71. The normalized spacial score (nSPS) is 16.3. The molecular formula is C20H37N2O4-. The maximum atomic E-state index is 12.8. The summed E-state index contributed by atoms with van der Waals surface area (Å²) < 4.78 is 0. The molecule has 2 unspecified atom stereocenters. The van der Waals surface area contributed by atoms with Gasteiger partial charge < -0.3 is 19.7 Å². The van der Waals surface area contributed by atoms with Crippen LogP contribution >= 0.6 is 0 Å². The monoisotopic (exact) mass is 369 g/mol. The third-order valence-corrected chi connectivity index (χ3v) is 5.71. The second kappa shape index (κ2) is 8.87. The predicted molar refractivity (Wildman–Crippen MR) is 101 cm³/mol. The number of rotatable bonds is 10. The first-order valence-corrected chi connectivity index (χ1v) is 9.28. The van der Waals surface area contributed by atoms with Crippen molar-refractivity contribution >= 4 is 17.8 Å². The van der Waals surface area contributed by atoms with Crippen molar-refractivity contribution in [2.24, 2.45) is 16.2 Å². The molecule has 0 aliphatic rings. The van der Waals surface area contributed by atoms with Crippen molar-refractivity contribution in [3.63, 3.8) is 0 Å². The summed E-state index contributed by atoms with van der Waals surface area (Å²) in [6.07, 6.45) is 2.32. The van der Waals surface area contributed by atoms with Crippen molar-refractivity contribution < 1.29 is 19.5 Å². The molecule has 0 saturated heterocycles. The van der Waals surface area contributed by atoms with Crippen LogP contribution in [-0.2, 0) is 14.4 Å². The van der Waals surface area contributed by atoms with E-state index in [1.54, 1.807) is 44.9 Å². The average Bonchev–Trinajstić information content (AvgIpc) is 2.55. The number of amides is 2. The lowest BCUT2D eigenvalue weighted by Crippen LogP contribution is -2.44. The summed E-state index contributed by atoms with van der Waals surface area (Å²) >= 11 is 0. The van der Waals surface area contributed by atoms with Crippen LogP contribution in [0, 0.1) is 16.2 Å². The highest BCUT2D eigenvalue weighted by atomic mass is 16.4. The average molecular weight is 370 g/mol. The van der Waals surface area contributed by atoms with Gasteiger partial charge in [-0.25, -0.2) is 0 Å². The van der Waals surface area contributed by atoms with Crippen LogP contribution in [0.3, 0.4) is 0 Å². The molecule has 0 radical (unpaired) electrons. The number of hydrogen-bond donors (Lipinski definition) is 0. The number of carbonyl (C=O) groups is 3. The summed E-state index contributed by atoms with van der Waals surface area (Å²) in [6, 6.07) is 0. The number of nitrogens with zero attached hydrogens (tertiary/aromatic N) is 2. The molecule has 2 atom stereocenters. The van der Waals surface area contributed by atoms with Gasteiger partial charge in [0.25, 0.3) is 0 Å². The summed E-state index contributed by atoms with van der Waals surface area (Å²) in [5.74, 6) is -1.10. The smallest absolute Gasteiger partial charge is 0.227 e. The van der Waals surface area contributed by atoms with E-state index in [0.29, 0.717) is 32.1 Å². The lowest BCUT2D eigenvalue weighted by molar-refractivity contribution is -0.319. The number of aliphatic carboxylic acids is 1. The molecule has 0 bridgehead atoms. The van der Waals surface area contributed by atoms with Crippen molar-refractivity contribution in [1.29, 1.82) is 0 Å². The molecule has 2 amide bonds. The Hall–Kier alpha value is -1.59. The highest BCUT2D eigenvalue weighted by Crippen LogP contribution is 2.40. The van der Waals surface area contributed by atoms with Crippen LogP contribution in [-0.4, -0.2) is 55.8 Å². The van der Waals surface area contributed by atoms with Crippen LogP contribution < -0.4 is 5.11 Å². The Bertz CT molecular complexity index is 528. The first kappa shape index (κ1) is 24.4. The van der Waals surface area contributed by atoms with Crippen molar-refractivity contribution in [2.75, 3.05) is 28.2 Å². The highest BCUT2D eigenvalue weighted by Gasteiger charge is 2.40. The van der Waals surface area contributed by atoms with E-state index in [2.05, 4.69) is 0 Å². The Balaban J connectivity index is 5.43. The fraction of sp³-hybridized carbons (Fsp3) is 0.850. The van der Waals surface area contributed by atoms with Crippen molar-refractivity contribution in [1.82, 2.24) is 9.80 Å². The Labute approximate surface area is 158 Å². The topological polar surface area (TPSA) is 80.8 Å². The van der Waals surface area contributed by atoms with Gasteiger partial charge in [0.2, 0.25) is 11.8 Å². The van der Waals surface area contributed by atoms with E-state index >= 15 is 0 Å². The Morgan fingerprint density at radius 3 is 1.46 bits per heavy atom. The van der Waals surface area contributed by atoms with Crippen LogP contribution in [0.25, 0.3) is 0 Å². The van der Waals surface area contributed by atoms with Gasteiger partial charge in [0.15, 0.2) is 0 Å². The Morgan fingerprint density at radius 2 is 1.12 bits per heavy atom. The van der Waals surface area contributed by atoms with E-state index in [1.807, 2.05) is 27.7 Å². The maximum Gasteiger partial charge on any atom is 0.227 e. The van der Waals surface area contributed by atoms with Gasteiger partial charge in [-0.1, -0.05) is 34.6 Å². The van der Waals surface area contributed by atoms with E-state index in [1.165, 1.54) is 0 Å². The van der Waals surface area contributed by atoms with Gasteiger partial charge >= 0.3 is 0 Å². The minimum Gasteiger partial charge on any atom is -0.550 e. The van der Waals surface area contributed by atoms with Crippen LogP contribution in [0.4, 0.5) is 0 Å². The molecule has 0 fully saturated rings. The van der Waals surface area contributed by atoms with Gasteiger partial charge in [0.1, 0.15) is 0 Å². The SMILES string of the molecule is CCC(C)(CCC(C)(CCC(C)(C)C(=O)N(C)C)C(=O)N(C)C)C(=O)[O-]. The van der Waals surface area contributed by atoms with Crippen molar-refractivity contribution in [3.8, 4) is 0 Å². The fourth-order valence-electron chi connectivity index (χ4n) is 3.15.